The smallest absolute Gasteiger partial charge is 0.231 e. The molecule has 16 heavy (non-hydrogen) atoms. The molecule has 88 valence electrons. The molecule has 2 rings (SSSR count). The summed E-state index contributed by atoms with van der Waals surface area (Å²) in [5.74, 6) is -0.725. The molecule has 0 fully saturated rings. The minimum Gasteiger partial charge on any atom is -0.505 e. The summed E-state index contributed by atoms with van der Waals surface area (Å²) in [7, 11) is 0. The Balaban J connectivity index is 2.22. The third-order valence-corrected chi connectivity index (χ3v) is 2.56. The minimum atomic E-state index is -0.738. The highest BCUT2D eigenvalue weighted by molar-refractivity contribution is 5.52. The van der Waals surface area contributed by atoms with Gasteiger partial charge in [0, 0.05) is 5.56 Å². The van der Waals surface area contributed by atoms with E-state index in [0.29, 0.717) is 24.3 Å². The highest BCUT2D eigenvalue weighted by Gasteiger charge is 2.24. The number of rotatable bonds is 4. The number of hydrogen-bond donors (Lipinski definition) is 2. The Hall–Kier alpha value is -1.49. The zero-order valence-corrected chi connectivity index (χ0v) is 8.83. The van der Waals surface area contributed by atoms with Crippen LogP contribution in [-0.2, 0) is 6.42 Å². The van der Waals surface area contributed by atoms with Crippen molar-refractivity contribution >= 4 is 0 Å². The Morgan fingerprint density at radius 3 is 2.94 bits per heavy atom. The van der Waals surface area contributed by atoms with Crippen molar-refractivity contribution in [2.75, 3.05) is 13.3 Å². The lowest BCUT2D eigenvalue weighted by molar-refractivity contribution is 0.170. The predicted molar refractivity (Wildman–Crippen MR) is 56.2 cm³/mol. The number of hydrogen-bond acceptors (Lipinski definition) is 4. The molecule has 0 atom stereocenters. The molecule has 0 unspecified atom stereocenters. The number of nitrogens with two attached hydrogens (primary N) is 1. The molecule has 4 nitrogen and oxygen atoms in total. The summed E-state index contributed by atoms with van der Waals surface area (Å²) in [4.78, 5) is 0. The quantitative estimate of drug-likeness (QED) is 0.766. The van der Waals surface area contributed by atoms with Gasteiger partial charge in [-0.15, -0.1) is 0 Å². The van der Waals surface area contributed by atoms with Gasteiger partial charge in [-0.2, -0.15) is 4.39 Å². The lowest BCUT2D eigenvalue weighted by atomic mass is 10.1. The summed E-state index contributed by atoms with van der Waals surface area (Å²) in [5.41, 5.74) is 5.91. The lowest BCUT2D eigenvalue weighted by Gasteiger charge is -2.07. The van der Waals surface area contributed by atoms with Crippen LogP contribution in [0.5, 0.6) is 17.2 Å². The number of fused-ring (bicyclic) bond motifs is 1. The standard InChI is InChI=1S/C11H14FNO3/c12-9-10(14)7(3-1-2-4-13)5-8-11(9)16-6-15-8/h5,14H,1-4,6,13H2. The van der Waals surface area contributed by atoms with Crippen molar-refractivity contribution in [3.05, 3.63) is 17.4 Å². The van der Waals surface area contributed by atoms with Crippen LogP contribution in [0.15, 0.2) is 6.07 Å². The van der Waals surface area contributed by atoms with Gasteiger partial charge in [0.1, 0.15) is 0 Å². The van der Waals surface area contributed by atoms with Gasteiger partial charge in [-0.05, 0) is 31.9 Å². The number of aromatic hydroxyl groups is 1. The number of phenols is 1. The normalized spacial score (nSPS) is 13.1. The maximum absolute atomic E-state index is 13.6. The van der Waals surface area contributed by atoms with Gasteiger partial charge in [0.15, 0.2) is 11.5 Å². The summed E-state index contributed by atoms with van der Waals surface area (Å²) < 4.78 is 23.6. The fourth-order valence-electron chi connectivity index (χ4n) is 1.69. The van der Waals surface area contributed by atoms with Crippen LogP contribution in [0.3, 0.4) is 0 Å². The molecule has 5 heteroatoms. The summed E-state index contributed by atoms with van der Waals surface area (Å²) >= 11 is 0. The zero-order valence-electron chi connectivity index (χ0n) is 8.83. The number of aryl methyl sites for hydroxylation is 1. The Morgan fingerprint density at radius 1 is 1.38 bits per heavy atom. The van der Waals surface area contributed by atoms with E-state index in [4.69, 9.17) is 15.2 Å². The first-order valence-corrected chi connectivity index (χ1v) is 5.24. The predicted octanol–water partition coefficient (Wildman–Crippen LogP) is 1.54. The van der Waals surface area contributed by atoms with Crippen LogP contribution in [-0.4, -0.2) is 18.4 Å². The van der Waals surface area contributed by atoms with Crippen molar-refractivity contribution in [3.8, 4) is 17.2 Å². The SMILES string of the molecule is NCCCCc1cc2c(c(F)c1O)OCO2. The molecule has 0 aliphatic carbocycles. The average Bonchev–Trinajstić information content (AvgIpc) is 2.73. The third-order valence-electron chi connectivity index (χ3n) is 2.56. The van der Waals surface area contributed by atoms with Crippen LogP contribution in [0.25, 0.3) is 0 Å². The molecular formula is C11H14FNO3. The van der Waals surface area contributed by atoms with E-state index in [1.54, 1.807) is 6.07 Å². The summed E-state index contributed by atoms with van der Waals surface area (Å²) in [6, 6.07) is 1.62. The van der Waals surface area contributed by atoms with Gasteiger partial charge in [0.2, 0.25) is 18.4 Å². The van der Waals surface area contributed by atoms with Crippen molar-refractivity contribution in [2.24, 2.45) is 5.73 Å². The van der Waals surface area contributed by atoms with Crippen LogP contribution in [0.1, 0.15) is 18.4 Å². The molecule has 0 spiro atoms. The molecule has 1 aromatic carbocycles. The molecule has 0 amide bonds. The van der Waals surface area contributed by atoms with E-state index in [-0.39, 0.29) is 18.3 Å². The van der Waals surface area contributed by atoms with E-state index in [1.165, 1.54) is 0 Å². The minimum absolute atomic E-state index is 0.0000693. The van der Waals surface area contributed by atoms with Gasteiger partial charge in [-0.3, -0.25) is 0 Å². The highest BCUT2D eigenvalue weighted by atomic mass is 19.1. The molecule has 0 aromatic heterocycles. The molecule has 3 N–H and O–H groups in total. The van der Waals surface area contributed by atoms with E-state index in [9.17, 15) is 9.50 Å². The summed E-state index contributed by atoms with van der Waals surface area (Å²) in [6.45, 7) is 0.589. The molecular weight excluding hydrogens is 213 g/mol. The summed E-state index contributed by atoms with van der Waals surface area (Å²) in [6.07, 6.45) is 2.23. The van der Waals surface area contributed by atoms with E-state index in [1.807, 2.05) is 0 Å². The molecule has 1 aliphatic heterocycles. The van der Waals surface area contributed by atoms with Gasteiger partial charge in [0.05, 0.1) is 0 Å². The number of halogens is 1. The van der Waals surface area contributed by atoms with Crippen molar-refractivity contribution in [1.29, 1.82) is 0 Å². The van der Waals surface area contributed by atoms with Crippen LogP contribution < -0.4 is 15.2 Å². The first-order valence-electron chi connectivity index (χ1n) is 5.24. The van der Waals surface area contributed by atoms with E-state index in [0.717, 1.165) is 12.8 Å². The maximum atomic E-state index is 13.6. The number of phenolic OH excluding ortho intramolecular Hbond substituents is 1. The second-order valence-corrected chi connectivity index (χ2v) is 3.68. The monoisotopic (exact) mass is 227 g/mol. The Bertz CT molecular complexity index is 395. The molecule has 0 saturated heterocycles. The Kier molecular flexibility index (Phi) is 3.14. The maximum Gasteiger partial charge on any atom is 0.231 e. The molecule has 1 aliphatic rings. The fourth-order valence-corrected chi connectivity index (χ4v) is 1.69. The first-order chi connectivity index (χ1) is 7.74. The number of benzene rings is 1. The van der Waals surface area contributed by atoms with Crippen LogP contribution in [0.4, 0.5) is 4.39 Å². The van der Waals surface area contributed by atoms with Crippen molar-refractivity contribution in [1.82, 2.24) is 0 Å². The number of unbranched alkanes of at least 4 members (excludes halogenated alkanes) is 1. The Labute approximate surface area is 92.8 Å². The molecule has 0 radical (unpaired) electrons. The molecule has 0 bridgehead atoms. The van der Waals surface area contributed by atoms with Gasteiger partial charge < -0.3 is 20.3 Å². The zero-order chi connectivity index (χ0) is 11.5. The van der Waals surface area contributed by atoms with Gasteiger partial charge in [0.25, 0.3) is 0 Å². The first kappa shape index (κ1) is 11.0. The summed E-state index contributed by atoms with van der Waals surface area (Å²) in [5, 5.41) is 9.62. The van der Waals surface area contributed by atoms with Gasteiger partial charge in [-0.25, -0.2) is 0 Å². The Morgan fingerprint density at radius 2 is 2.19 bits per heavy atom. The van der Waals surface area contributed by atoms with Gasteiger partial charge >= 0.3 is 0 Å². The fraction of sp³-hybridized carbons (Fsp3) is 0.455. The number of ether oxygens (including phenoxy) is 2. The van der Waals surface area contributed by atoms with E-state index >= 15 is 0 Å². The van der Waals surface area contributed by atoms with Crippen LogP contribution in [0.2, 0.25) is 0 Å². The van der Waals surface area contributed by atoms with E-state index < -0.39 is 5.82 Å². The largest absolute Gasteiger partial charge is 0.505 e. The second-order valence-electron chi connectivity index (χ2n) is 3.68. The third kappa shape index (κ3) is 1.90. The lowest BCUT2D eigenvalue weighted by Crippen LogP contribution is -1.99. The highest BCUT2D eigenvalue weighted by Crippen LogP contribution is 2.41. The average molecular weight is 227 g/mol. The van der Waals surface area contributed by atoms with Crippen molar-refractivity contribution < 1.29 is 19.0 Å². The molecule has 0 saturated carbocycles. The topological polar surface area (TPSA) is 64.7 Å². The second kappa shape index (κ2) is 4.57. The molecule has 1 aromatic rings. The van der Waals surface area contributed by atoms with Crippen molar-refractivity contribution in [2.45, 2.75) is 19.3 Å². The van der Waals surface area contributed by atoms with Crippen LogP contribution in [0, 0.1) is 5.82 Å². The van der Waals surface area contributed by atoms with Crippen molar-refractivity contribution in [3.63, 3.8) is 0 Å². The van der Waals surface area contributed by atoms with Crippen LogP contribution >= 0.6 is 0 Å². The molecule has 1 heterocycles. The van der Waals surface area contributed by atoms with Gasteiger partial charge in [-0.1, -0.05) is 0 Å². The van der Waals surface area contributed by atoms with E-state index in [2.05, 4.69) is 0 Å².